The second kappa shape index (κ2) is 14.0. The molecule has 0 N–H and O–H groups in total. The van der Waals surface area contributed by atoms with Crippen molar-refractivity contribution in [2.75, 3.05) is 26.2 Å². The lowest BCUT2D eigenvalue weighted by Crippen LogP contribution is -2.34. The van der Waals surface area contributed by atoms with Gasteiger partial charge in [-0.25, -0.2) is 16.8 Å². The van der Waals surface area contributed by atoms with Crippen molar-refractivity contribution in [1.29, 1.82) is 0 Å². The van der Waals surface area contributed by atoms with Crippen molar-refractivity contribution >= 4 is 31.6 Å². The quantitative estimate of drug-likeness (QED) is 0.214. The number of hydrogen-bond acceptors (Lipinski definition) is 6. The maximum Gasteiger partial charge on any atom is 0.243 e. The molecule has 0 bridgehead atoms. The summed E-state index contributed by atoms with van der Waals surface area (Å²) in [7, 11) is -7.73. The number of hydrogen-bond donors (Lipinski definition) is 0. The molecule has 0 amide bonds. The molecular weight excluding hydrogens is 548 g/mol. The van der Waals surface area contributed by atoms with Gasteiger partial charge in [-0.3, -0.25) is 9.59 Å². The van der Waals surface area contributed by atoms with Gasteiger partial charge in [0.05, 0.1) is 9.79 Å². The van der Waals surface area contributed by atoms with E-state index >= 15 is 0 Å². The number of benzene rings is 2. The molecule has 2 aromatic rings. The summed E-state index contributed by atoms with van der Waals surface area (Å²) in [6.07, 6.45) is 6.27. The first-order valence-corrected chi connectivity index (χ1v) is 17.3. The van der Waals surface area contributed by atoms with Crippen molar-refractivity contribution in [2.24, 2.45) is 0 Å². The second-order valence-electron chi connectivity index (χ2n) is 10.3. The van der Waals surface area contributed by atoms with Crippen LogP contribution >= 0.6 is 0 Å². The third-order valence-electron chi connectivity index (χ3n) is 7.28. The highest BCUT2D eigenvalue weighted by molar-refractivity contribution is 7.89. The van der Waals surface area contributed by atoms with Crippen LogP contribution in [0.3, 0.4) is 0 Å². The van der Waals surface area contributed by atoms with Gasteiger partial charge in [0.2, 0.25) is 20.0 Å². The van der Waals surface area contributed by atoms with Gasteiger partial charge in [0.25, 0.3) is 0 Å². The van der Waals surface area contributed by atoms with E-state index < -0.39 is 31.6 Å². The van der Waals surface area contributed by atoms with E-state index in [2.05, 4.69) is 0 Å². The number of ketones is 2. The van der Waals surface area contributed by atoms with E-state index in [0.29, 0.717) is 26.2 Å². The van der Waals surface area contributed by atoms with Crippen LogP contribution in [0.4, 0.5) is 0 Å². The summed E-state index contributed by atoms with van der Waals surface area (Å²) >= 11 is 0. The molecule has 2 aromatic carbocycles. The SMILES string of the molecule is CCCCN(CCCC)S(=O)(=O)c1ccc2c(c1)C(=O)c1ccc(S(=O)(=O)N(CCCC)CCCC)cc1C2=O. The summed E-state index contributed by atoms with van der Waals surface area (Å²) in [6.45, 7) is 9.52. The monoisotopic (exact) mass is 590 g/mol. The van der Waals surface area contributed by atoms with Gasteiger partial charge in [0.15, 0.2) is 11.6 Å². The highest BCUT2D eigenvalue weighted by atomic mass is 32.2. The highest BCUT2D eigenvalue weighted by Gasteiger charge is 2.34. The lowest BCUT2D eigenvalue weighted by atomic mass is 9.84. The number of fused-ring (bicyclic) bond motifs is 2. The molecule has 0 unspecified atom stereocenters. The lowest BCUT2D eigenvalue weighted by molar-refractivity contribution is 0.0978. The van der Waals surface area contributed by atoms with E-state index in [9.17, 15) is 26.4 Å². The van der Waals surface area contributed by atoms with E-state index in [1.807, 2.05) is 27.7 Å². The minimum absolute atomic E-state index is 0.0210. The molecule has 0 spiro atoms. The standard InChI is InChI=1S/C30H42N2O6S2/c1-5-9-17-31(18-10-6-2)39(35,36)23-13-15-25-27(21-23)29(33)26-16-14-24(22-28(26)30(25)34)40(37,38)32(19-11-7-3)20-12-8-4/h13-16,21-22H,5-12,17-20H2,1-4H3. The fraction of sp³-hybridized carbons (Fsp3) is 0.533. The molecule has 3 rings (SSSR count). The Hall–Kier alpha value is -2.40. The van der Waals surface area contributed by atoms with Crippen molar-refractivity contribution in [3.63, 3.8) is 0 Å². The Morgan fingerprint density at radius 3 is 1.07 bits per heavy atom. The van der Waals surface area contributed by atoms with Crippen molar-refractivity contribution in [3.8, 4) is 0 Å². The molecule has 40 heavy (non-hydrogen) atoms. The van der Waals surface area contributed by atoms with Crippen LogP contribution in [0.15, 0.2) is 46.2 Å². The Balaban J connectivity index is 2.00. The maximum absolute atomic E-state index is 13.5. The van der Waals surface area contributed by atoms with Crippen LogP contribution < -0.4 is 0 Å². The summed E-state index contributed by atoms with van der Waals surface area (Å²) in [5.41, 5.74) is 0.197. The fourth-order valence-electron chi connectivity index (χ4n) is 4.77. The molecule has 0 aromatic heterocycles. The Morgan fingerprint density at radius 2 is 0.800 bits per heavy atom. The van der Waals surface area contributed by atoms with Crippen LogP contribution in [0.25, 0.3) is 0 Å². The topological polar surface area (TPSA) is 109 Å². The first kappa shape index (κ1) is 32.1. The number of nitrogens with zero attached hydrogens (tertiary/aromatic N) is 2. The average Bonchev–Trinajstić information content (AvgIpc) is 2.95. The molecule has 0 saturated carbocycles. The summed E-state index contributed by atoms with van der Waals surface area (Å²) < 4.78 is 56.9. The maximum atomic E-state index is 13.5. The zero-order valence-corrected chi connectivity index (χ0v) is 25.7. The van der Waals surface area contributed by atoms with Gasteiger partial charge in [-0.1, -0.05) is 53.4 Å². The summed E-state index contributed by atoms with van der Waals surface area (Å²) in [4.78, 5) is 27.0. The number of unbranched alkanes of at least 4 members (excludes halogenated alkanes) is 4. The van der Waals surface area contributed by atoms with Gasteiger partial charge in [0.1, 0.15) is 0 Å². The number of carbonyl (C=O) groups excluding carboxylic acids is 2. The number of carbonyl (C=O) groups is 2. The van der Waals surface area contributed by atoms with Gasteiger partial charge in [-0.05, 0) is 62.1 Å². The van der Waals surface area contributed by atoms with Crippen LogP contribution in [-0.2, 0) is 20.0 Å². The third-order valence-corrected chi connectivity index (χ3v) is 11.1. The molecular formula is C30H42N2O6S2. The molecule has 0 heterocycles. The van der Waals surface area contributed by atoms with E-state index in [0.717, 1.165) is 51.4 Å². The molecule has 0 aliphatic heterocycles. The van der Waals surface area contributed by atoms with Crippen LogP contribution in [0, 0.1) is 0 Å². The number of sulfonamides is 2. The van der Waals surface area contributed by atoms with Gasteiger partial charge in [-0.2, -0.15) is 8.61 Å². The smallest absolute Gasteiger partial charge is 0.243 e. The first-order chi connectivity index (χ1) is 19.0. The van der Waals surface area contributed by atoms with Crippen molar-refractivity contribution in [1.82, 2.24) is 8.61 Å². The summed E-state index contributed by atoms with van der Waals surface area (Å²) in [5, 5.41) is 0. The number of rotatable bonds is 16. The largest absolute Gasteiger partial charge is 0.289 e. The van der Waals surface area contributed by atoms with Crippen LogP contribution in [0.2, 0.25) is 0 Å². The summed E-state index contributed by atoms with van der Waals surface area (Å²) in [5.74, 6) is -0.985. The molecule has 1 aliphatic rings. The molecule has 220 valence electrons. The normalized spacial score (nSPS) is 13.7. The molecule has 0 radical (unpaired) electrons. The molecule has 8 nitrogen and oxygen atoms in total. The Morgan fingerprint density at radius 1 is 0.500 bits per heavy atom. The van der Waals surface area contributed by atoms with Gasteiger partial charge in [-0.15, -0.1) is 0 Å². The van der Waals surface area contributed by atoms with E-state index in [1.54, 1.807) is 0 Å². The predicted octanol–water partition coefficient (Wildman–Crippen LogP) is 5.64. The third kappa shape index (κ3) is 6.73. The van der Waals surface area contributed by atoms with Crippen LogP contribution in [-0.4, -0.2) is 63.2 Å². The molecule has 0 fully saturated rings. The van der Waals surface area contributed by atoms with E-state index in [-0.39, 0.29) is 32.0 Å². The second-order valence-corrected chi connectivity index (χ2v) is 14.2. The first-order valence-electron chi connectivity index (χ1n) is 14.4. The lowest BCUT2D eigenvalue weighted by Gasteiger charge is -2.24. The van der Waals surface area contributed by atoms with Gasteiger partial charge >= 0.3 is 0 Å². The molecule has 10 heteroatoms. The molecule has 0 atom stereocenters. The Labute approximate surface area is 239 Å². The highest BCUT2D eigenvalue weighted by Crippen LogP contribution is 2.32. The van der Waals surface area contributed by atoms with Gasteiger partial charge < -0.3 is 0 Å². The molecule has 0 saturated heterocycles. The van der Waals surface area contributed by atoms with Crippen molar-refractivity contribution < 1.29 is 26.4 Å². The zero-order valence-electron chi connectivity index (χ0n) is 24.1. The van der Waals surface area contributed by atoms with Crippen molar-refractivity contribution in [2.45, 2.75) is 88.9 Å². The van der Waals surface area contributed by atoms with E-state index in [1.165, 1.54) is 45.0 Å². The van der Waals surface area contributed by atoms with Crippen LogP contribution in [0.5, 0.6) is 0 Å². The zero-order chi connectivity index (χ0) is 29.5. The minimum Gasteiger partial charge on any atom is -0.289 e. The average molecular weight is 591 g/mol. The van der Waals surface area contributed by atoms with Crippen molar-refractivity contribution in [3.05, 3.63) is 58.7 Å². The van der Waals surface area contributed by atoms with Gasteiger partial charge in [0, 0.05) is 48.4 Å². The minimum atomic E-state index is -3.86. The van der Waals surface area contributed by atoms with Crippen LogP contribution in [0.1, 0.15) is 111 Å². The fourth-order valence-corrected chi connectivity index (χ4v) is 7.86. The predicted molar refractivity (Wildman–Crippen MR) is 157 cm³/mol. The van der Waals surface area contributed by atoms with E-state index in [4.69, 9.17) is 0 Å². The molecule has 1 aliphatic carbocycles. The Kier molecular flexibility index (Phi) is 11.2. The summed E-state index contributed by atoms with van der Waals surface area (Å²) in [6, 6.07) is 8.07. The Bertz CT molecular complexity index is 1310.